The number of rotatable bonds is 13. The fourth-order valence-electron chi connectivity index (χ4n) is 6.74. The van der Waals surface area contributed by atoms with E-state index in [1.807, 2.05) is 54.7 Å². The van der Waals surface area contributed by atoms with Crippen molar-refractivity contribution in [2.45, 2.75) is 142 Å². The molecule has 3 aliphatic rings. The average Bonchev–Trinajstić information content (AvgIpc) is 3.81. The molecule has 50 heavy (non-hydrogen) atoms. The van der Waals surface area contributed by atoms with E-state index in [1.54, 1.807) is 43.1 Å². The van der Waals surface area contributed by atoms with E-state index in [0.29, 0.717) is 32.5 Å². The van der Waals surface area contributed by atoms with Gasteiger partial charge in [0.15, 0.2) is 12.4 Å². The van der Waals surface area contributed by atoms with Gasteiger partial charge in [0.1, 0.15) is 11.7 Å². The SMILES string of the molecule is CCOC(C)OC1(C)CCC(O)CC(=O)OC(C(C)=CC=CC(C)(O)CC2OC2C(C)C(O)CC)C(C)C=CC1OC(=O)N1CCN(C)CC1. The van der Waals surface area contributed by atoms with Crippen LogP contribution in [0.4, 0.5) is 4.79 Å². The molecule has 2 fully saturated rings. The topological polar surface area (TPSA) is 151 Å². The fourth-order valence-corrected chi connectivity index (χ4v) is 6.74. The molecule has 1 amide bonds. The Morgan fingerprint density at radius 2 is 1.88 bits per heavy atom. The smallest absolute Gasteiger partial charge is 0.410 e. The lowest BCUT2D eigenvalue weighted by atomic mass is 9.88. The number of hydrogen-bond acceptors (Lipinski definition) is 11. The summed E-state index contributed by atoms with van der Waals surface area (Å²) in [6.45, 7) is 17.9. The van der Waals surface area contributed by atoms with E-state index in [2.05, 4.69) is 4.90 Å². The summed E-state index contributed by atoms with van der Waals surface area (Å²) in [6.07, 6.45) is 5.96. The van der Waals surface area contributed by atoms with Gasteiger partial charge in [-0.25, -0.2) is 4.79 Å². The Labute approximate surface area is 299 Å². The van der Waals surface area contributed by atoms with Gasteiger partial charge in [-0.1, -0.05) is 45.1 Å². The Bertz CT molecular complexity index is 1180. The monoisotopic (exact) mass is 708 g/mol. The molecule has 0 bridgehead atoms. The number of allylic oxidation sites excluding steroid dienone is 2. The van der Waals surface area contributed by atoms with Crippen molar-refractivity contribution in [2.24, 2.45) is 11.8 Å². The van der Waals surface area contributed by atoms with Crippen LogP contribution in [0.25, 0.3) is 0 Å². The highest BCUT2D eigenvalue weighted by Crippen LogP contribution is 2.38. The van der Waals surface area contributed by atoms with E-state index < -0.39 is 54.0 Å². The molecule has 0 radical (unpaired) electrons. The number of amides is 1. The highest BCUT2D eigenvalue weighted by atomic mass is 16.7. The van der Waals surface area contributed by atoms with Crippen molar-refractivity contribution in [3.05, 3.63) is 36.0 Å². The molecule has 0 aromatic carbocycles. The van der Waals surface area contributed by atoms with E-state index in [1.165, 1.54) is 0 Å². The first-order valence-electron chi connectivity index (χ1n) is 18.4. The van der Waals surface area contributed by atoms with Crippen molar-refractivity contribution >= 4 is 12.1 Å². The lowest BCUT2D eigenvalue weighted by Crippen LogP contribution is -2.51. The molecule has 0 aliphatic carbocycles. The molecule has 0 aromatic rings. The van der Waals surface area contributed by atoms with Gasteiger partial charge in [0, 0.05) is 51.0 Å². The van der Waals surface area contributed by atoms with Gasteiger partial charge in [-0.05, 0) is 72.6 Å². The van der Waals surface area contributed by atoms with Crippen molar-refractivity contribution < 1.29 is 48.6 Å². The number of cyclic esters (lactones) is 1. The van der Waals surface area contributed by atoms with Crippen molar-refractivity contribution in [1.29, 1.82) is 0 Å². The summed E-state index contributed by atoms with van der Waals surface area (Å²) in [4.78, 5) is 30.4. The van der Waals surface area contributed by atoms with Gasteiger partial charge in [-0.3, -0.25) is 4.79 Å². The fraction of sp³-hybridized carbons (Fsp3) is 0.789. The van der Waals surface area contributed by atoms with Crippen LogP contribution in [0.5, 0.6) is 0 Å². The van der Waals surface area contributed by atoms with Crippen LogP contribution < -0.4 is 0 Å². The predicted octanol–water partition coefficient (Wildman–Crippen LogP) is 4.36. The van der Waals surface area contributed by atoms with Crippen LogP contribution in [0.2, 0.25) is 0 Å². The summed E-state index contributed by atoms with van der Waals surface area (Å²) in [5, 5.41) is 32.2. The molecule has 0 aromatic heterocycles. The van der Waals surface area contributed by atoms with Crippen LogP contribution in [0, 0.1) is 11.8 Å². The van der Waals surface area contributed by atoms with Gasteiger partial charge in [-0.15, -0.1) is 0 Å². The van der Waals surface area contributed by atoms with Crippen LogP contribution in [-0.4, -0.2) is 131 Å². The van der Waals surface area contributed by atoms with Crippen molar-refractivity contribution in [3.8, 4) is 0 Å². The maximum Gasteiger partial charge on any atom is 0.410 e. The lowest BCUT2D eigenvalue weighted by molar-refractivity contribution is -0.222. The van der Waals surface area contributed by atoms with Crippen LogP contribution in [0.1, 0.15) is 87.5 Å². The highest BCUT2D eigenvalue weighted by Gasteiger charge is 2.47. The molecule has 3 rings (SSSR count). The van der Waals surface area contributed by atoms with Gasteiger partial charge in [0.2, 0.25) is 0 Å². The average molecular weight is 709 g/mol. The molecule has 11 unspecified atom stereocenters. The first kappa shape index (κ1) is 42.1. The standard InChI is InChI=1S/C38H64N2O10/c1-10-30(42)27(5)35-31(47-35)24-37(7,45)17-12-13-25(3)34-26(4)14-15-32(48-36(44)40-21-19-39(9)20-22-40)38(8,50-28(6)46-11-2)18-16-29(41)23-33(43)49-34/h12-15,17,26-32,34-35,41-42,45H,10-11,16,18-24H2,1-9H3. The summed E-state index contributed by atoms with van der Waals surface area (Å²) < 4.78 is 30.0. The molecule has 11 atom stereocenters. The third kappa shape index (κ3) is 12.7. The number of ether oxygens (including phenoxy) is 5. The maximum absolute atomic E-state index is 13.5. The van der Waals surface area contributed by atoms with Crippen molar-refractivity contribution in [3.63, 3.8) is 0 Å². The second-order valence-electron chi connectivity index (χ2n) is 14.9. The first-order chi connectivity index (χ1) is 23.5. The molecular formula is C38H64N2O10. The Balaban J connectivity index is 1.85. The lowest BCUT2D eigenvalue weighted by Gasteiger charge is -2.40. The van der Waals surface area contributed by atoms with Gasteiger partial charge >= 0.3 is 12.1 Å². The zero-order valence-electron chi connectivity index (χ0n) is 31.7. The number of carbonyl (C=O) groups excluding carboxylic acids is 2. The van der Waals surface area contributed by atoms with Gasteiger partial charge in [0.05, 0.1) is 36.4 Å². The maximum atomic E-state index is 13.5. The summed E-state index contributed by atoms with van der Waals surface area (Å²) in [6, 6.07) is 0. The molecule has 0 spiro atoms. The Hall–Kier alpha value is -2.32. The molecule has 3 aliphatic heterocycles. The van der Waals surface area contributed by atoms with Crippen LogP contribution in [-0.2, 0) is 28.5 Å². The summed E-state index contributed by atoms with van der Waals surface area (Å²) in [5.74, 6) is -0.898. The molecule has 286 valence electrons. The van der Waals surface area contributed by atoms with Crippen LogP contribution >= 0.6 is 0 Å². The minimum absolute atomic E-state index is 0.0110. The van der Waals surface area contributed by atoms with E-state index in [0.717, 1.165) is 18.7 Å². The summed E-state index contributed by atoms with van der Waals surface area (Å²) in [7, 11) is 2.02. The molecule has 0 saturated carbocycles. The van der Waals surface area contributed by atoms with E-state index in [9.17, 15) is 24.9 Å². The largest absolute Gasteiger partial charge is 0.457 e. The number of hydrogen-bond donors (Lipinski definition) is 3. The summed E-state index contributed by atoms with van der Waals surface area (Å²) >= 11 is 0. The second kappa shape index (κ2) is 19.0. The zero-order chi connectivity index (χ0) is 37.2. The van der Waals surface area contributed by atoms with Crippen molar-refractivity contribution in [1.82, 2.24) is 9.80 Å². The van der Waals surface area contributed by atoms with E-state index in [-0.39, 0.29) is 43.3 Å². The molecular weight excluding hydrogens is 644 g/mol. The number of carbonyl (C=O) groups is 2. The molecule has 3 heterocycles. The third-order valence-corrected chi connectivity index (χ3v) is 10.2. The highest BCUT2D eigenvalue weighted by molar-refractivity contribution is 5.70. The molecule has 3 N–H and O–H groups in total. The number of epoxide rings is 1. The Kier molecular flexibility index (Phi) is 16.0. The number of likely N-dealkylation sites (N-methyl/N-ethyl adjacent to an activating group) is 1. The van der Waals surface area contributed by atoms with Gasteiger partial charge in [-0.2, -0.15) is 0 Å². The van der Waals surface area contributed by atoms with Gasteiger partial charge in [0.25, 0.3) is 0 Å². The van der Waals surface area contributed by atoms with Crippen molar-refractivity contribution in [2.75, 3.05) is 39.8 Å². The minimum Gasteiger partial charge on any atom is -0.457 e. The van der Waals surface area contributed by atoms with Crippen LogP contribution in [0.15, 0.2) is 36.0 Å². The minimum atomic E-state index is -1.16. The molecule has 12 heteroatoms. The number of nitrogens with zero attached hydrogens (tertiary/aromatic N) is 2. The normalized spacial score (nSPS) is 33.5. The second-order valence-corrected chi connectivity index (χ2v) is 14.9. The Morgan fingerprint density at radius 3 is 2.52 bits per heavy atom. The zero-order valence-corrected chi connectivity index (χ0v) is 31.7. The quantitative estimate of drug-likeness (QED) is 0.0823. The first-order valence-corrected chi connectivity index (χ1v) is 18.4. The third-order valence-electron chi connectivity index (χ3n) is 10.2. The predicted molar refractivity (Wildman–Crippen MR) is 190 cm³/mol. The van der Waals surface area contributed by atoms with Crippen LogP contribution in [0.3, 0.4) is 0 Å². The number of aliphatic hydroxyl groups is 3. The van der Waals surface area contributed by atoms with E-state index in [4.69, 9.17) is 23.7 Å². The van der Waals surface area contributed by atoms with E-state index >= 15 is 0 Å². The molecule has 12 nitrogen and oxygen atoms in total. The summed E-state index contributed by atoms with van der Waals surface area (Å²) in [5.41, 5.74) is -1.51. The van der Waals surface area contributed by atoms with Gasteiger partial charge < -0.3 is 48.8 Å². The number of piperazine rings is 1. The Morgan fingerprint density at radius 1 is 1.20 bits per heavy atom. The molecule has 2 saturated heterocycles. The number of esters is 1. The number of aliphatic hydroxyl groups excluding tert-OH is 2.